The van der Waals surface area contributed by atoms with E-state index in [1.54, 1.807) is 6.92 Å². The smallest absolute Gasteiger partial charge is 0.348 e. The minimum atomic E-state index is -4.59. The first-order chi connectivity index (χ1) is 7.35. The lowest BCUT2D eigenvalue weighted by Crippen LogP contribution is -2.49. The van der Waals surface area contributed by atoms with Gasteiger partial charge in [-0.1, -0.05) is 12.8 Å². The molecule has 1 saturated carbocycles. The van der Waals surface area contributed by atoms with Gasteiger partial charge in [0, 0.05) is 6.04 Å². The molecule has 16 heavy (non-hydrogen) atoms. The molecular formula is C10H15F4NO. The summed E-state index contributed by atoms with van der Waals surface area (Å²) in [6, 6.07) is -0.473. The van der Waals surface area contributed by atoms with Gasteiger partial charge in [-0.3, -0.25) is 4.79 Å². The molecule has 2 nitrogen and oxygen atoms in total. The number of nitrogens with one attached hydrogen (secondary N) is 1. The highest BCUT2D eigenvalue weighted by Gasteiger charge is 2.49. The molecule has 6 heteroatoms. The van der Waals surface area contributed by atoms with Crippen molar-refractivity contribution in [3.05, 3.63) is 0 Å². The Hall–Kier alpha value is -0.810. The predicted octanol–water partition coefficient (Wildman–Crippen LogP) is 2.58. The summed E-state index contributed by atoms with van der Waals surface area (Å²) < 4.78 is 49.0. The van der Waals surface area contributed by atoms with Gasteiger partial charge < -0.3 is 5.32 Å². The molecule has 1 unspecified atom stereocenters. The monoisotopic (exact) mass is 241 g/mol. The Morgan fingerprint density at radius 1 is 1.31 bits per heavy atom. The molecule has 1 amide bonds. The Labute approximate surface area is 91.4 Å². The summed E-state index contributed by atoms with van der Waals surface area (Å²) in [5.74, 6) is -6.34. The molecule has 1 rings (SSSR count). The van der Waals surface area contributed by atoms with E-state index in [0.29, 0.717) is 0 Å². The summed E-state index contributed by atoms with van der Waals surface area (Å²) in [7, 11) is 0. The van der Waals surface area contributed by atoms with Crippen molar-refractivity contribution < 1.29 is 22.4 Å². The van der Waals surface area contributed by atoms with Gasteiger partial charge in [-0.05, 0) is 25.7 Å². The molecule has 94 valence electrons. The van der Waals surface area contributed by atoms with Gasteiger partial charge in [0.1, 0.15) is 0 Å². The van der Waals surface area contributed by atoms with Crippen LogP contribution in [0.4, 0.5) is 17.6 Å². The number of carbonyl (C=O) groups is 1. The van der Waals surface area contributed by atoms with Crippen LogP contribution in [0.25, 0.3) is 0 Å². The molecule has 1 N–H and O–H groups in total. The number of hydrogen-bond acceptors (Lipinski definition) is 1. The van der Waals surface area contributed by atoms with Crippen LogP contribution in [-0.4, -0.2) is 24.3 Å². The normalized spacial score (nSPS) is 20.1. The summed E-state index contributed by atoms with van der Waals surface area (Å²) >= 11 is 0. The van der Waals surface area contributed by atoms with Crippen LogP contribution in [-0.2, 0) is 4.79 Å². The zero-order valence-corrected chi connectivity index (χ0v) is 8.98. The Morgan fingerprint density at radius 2 is 1.81 bits per heavy atom. The van der Waals surface area contributed by atoms with Gasteiger partial charge in [0.05, 0.1) is 0 Å². The van der Waals surface area contributed by atoms with Crippen LogP contribution in [0.3, 0.4) is 0 Å². The first-order valence-electron chi connectivity index (χ1n) is 5.32. The van der Waals surface area contributed by atoms with Crippen LogP contribution in [0.5, 0.6) is 0 Å². The molecule has 1 aliphatic rings. The molecule has 0 aromatic heterocycles. The Bertz CT molecular complexity index is 251. The minimum Gasteiger partial charge on any atom is -0.348 e. The largest absolute Gasteiger partial charge is 0.383 e. The predicted molar refractivity (Wildman–Crippen MR) is 50.5 cm³/mol. The number of amides is 1. The summed E-state index contributed by atoms with van der Waals surface area (Å²) in [6.07, 6.45) is -0.265. The molecular weight excluding hydrogens is 226 g/mol. The van der Waals surface area contributed by atoms with Crippen LogP contribution in [0, 0.1) is 5.92 Å². The minimum absolute atomic E-state index is 0.123. The number of hydrogen-bond donors (Lipinski definition) is 1. The second kappa shape index (κ2) is 5.01. The van der Waals surface area contributed by atoms with E-state index >= 15 is 0 Å². The van der Waals surface area contributed by atoms with Crippen molar-refractivity contribution >= 4 is 5.91 Å². The van der Waals surface area contributed by atoms with Crippen molar-refractivity contribution in [2.75, 3.05) is 0 Å². The van der Waals surface area contributed by atoms with Crippen molar-refractivity contribution in [2.45, 2.75) is 51.0 Å². The lowest BCUT2D eigenvalue weighted by Gasteiger charge is -2.23. The average molecular weight is 241 g/mol. The van der Waals surface area contributed by atoms with Gasteiger partial charge in [-0.2, -0.15) is 8.78 Å². The maximum Gasteiger partial charge on any atom is 0.383 e. The maximum absolute atomic E-state index is 12.6. The van der Waals surface area contributed by atoms with E-state index in [1.165, 1.54) is 0 Å². The van der Waals surface area contributed by atoms with Gasteiger partial charge in [-0.25, -0.2) is 8.78 Å². The standard InChI is InChI=1S/C10H15F4NO/c1-6(7-4-2-3-5-7)15-9(16)10(13,14)8(11)12/h6-8H,2-5H2,1H3,(H,15,16). The lowest BCUT2D eigenvalue weighted by atomic mass is 9.99. The molecule has 0 aliphatic heterocycles. The highest BCUT2D eigenvalue weighted by Crippen LogP contribution is 2.29. The Balaban J connectivity index is 2.50. The van der Waals surface area contributed by atoms with Gasteiger partial charge >= 0.3 is 12.3 Å². The Kier molecular flexibility index (Phi) is 4.15. The highest BCUT2D eigenvalue weighted by molar-refractivity contribution is 5.84. The van der Waals surface area contributed by atoms with Crippen LogP contribution in [0.15, 0.2) is 0 Å². The summed E-state index contributed by atoms with van der Waals surface area (Å²) in [4.78, 5) is 10.9. The number of halogens is 4. The van der Waals surface area contributed by atoms with Crippen LogP contribution >= 0.6 is 0 Å². The zero-order valence-electron chi connectivity index (χ0n) is 8.98. The Morgan fingerprint density at radius 3 is 2.25 bits per heavy atom. The summed E-state index contributed by atoms with van der Waals surface area (Å²) in [5, 5.41) is 1.97. The summed E-state index contributed by atoms with van der Waals surface area (Å²) in [6.45, 7) is 1.58. The molecule has 0 aromatic rings. The third-order valence-electron chi connectivity index (χ3n) is 3.04. The van der Waals surface area contributed by atoms with E-state index < -0.39 is 24.3 Å². The number of carbonyl (C=O) groups excluding carboxylic acids is 1. The van der Waals surface area contributed by atoms with Crippen molar-refractivity contribution in [3.63, 3.8) is 0 Å². The fourth-order valence-corrected chi connectivity index (χ4v) is 1.98. The number of rotatable bonds is 4. The zero-order chi connectivity index (χ0) is 12.3. The van der Waals surface area contributed by atoms with Crippen molar-refractivity contribution in [1.82, 2.24) is 5.32 Å². The highest BCUT2D eigenvalue weighted by atomic mass is 19.3. The van der Waals surface area contributed by atoms with Crippen LogP contribution in [0.2, 0.25) is 0 Å². The fourth-order valence-electron chi connectivity index (χ4n) is 1.98. The van der Waals surface area contributed by atoms with Gasteiger partial charge in [0.25, 0.3) is 5.91 Å². The molecule has 0 saturated heterocycles. The van der Waals surface area contributed by atoms with Crippen LogP contribution in [0.1, 0.15) is 32.6 Å². The van der Waals surface area contributed by atoms with E-state index in [1.807, 2.05) is 5.32 Å². The van der Waals surface area contributed by atoms with Gasteiger partial charge in [0.15, 0.2) is 0 Å². The molecule has 0 spiro atoms. The molecule has 1 fully saturated rings. The van der Waals surface area contributed by atoms with E-state index in [0.717, 1.165) is 25.7 Å². The van der Waals surface area contributed by atoms with E-state index in [2.05, 4.69) is 0 Å². The second-order valence-corrected chi connectivity index (χ2v) is 4.23. The topological polar surface area (TPSA) is 29.1 Å². The van der Waals surface area contributed by atoms with Crippen molar-refractivity contribution in [2.24, 2.45) is 5.92 Å². The van der Waals surface area contributed by atoms with Gasteiger partial charge in [-0.15, -0.1) is 0 Å². The van der Waals surface area contributed by atoms with Crippen molar-refractivity contribution in [3.8, 4) is 0 Å². The summed E-state index contributed by atoms with van der Waals surface area (Å²) in [5.41, 5.74) is 0. The van der Waals surface area contributed by atoms with Crippen LogP contribution < -0.4 is 5.32 Å². The second-order valence-electron chi connectivity index (χ2n) is 4.23. The van der Waals surface area contributed by atoms with Gasteiger partial charge in [0.2, 0.25) is 0 Å². The quantitative estimate of drug-likeness (QED) is 0.753. The number of alkyl halides is 4. The lowest BCUT2D eigenvalue weighted by molar-refractivity contribution is -0.170. The molecule has 0 aromatic carbocycles. The van der Waals surface area contributed by atoms with E-state index in [-0.39, 0.29) is 5.92 Å². The third-order valence-corrected chi connectivity index (χ3v) is 3.04. The molecule has 1 atom stereocenters. The van der Waals surface area contributed by atoms with E-state index in [9.17, 15) is 22.4 Å². The first kappa shape index (κ1) is 13.3. The van der Waals surface area contributed by atoms with E-state index in [4.69, 9.17) is 0 Å². The average Bonchev–Trinajstić information content (AvgIpc) is 2.69. The fraction of sp³-hybridized carbons (Fsp3) is 0.900. The molecule has 0 radical (unpaired) electrons. The SMILES string of the molecule is CC(NC(=O)C(F)(F)C(F)F)C1CCCC1. The first-order valence-corrected chi connectivity index (χ1v) is 5.32. The third kappa shape index (κ3) is 2.86. The maximum atomic E-state index is 12.6. The van der Waals surface area contributed by atoms with Crippen molar-refractivity contribution in [1.29, 1.82) is 0 Å². The molecule has 0 heterocycles. The molecule has 1 aliphatic carbocycles. The molecule has 0 bridgehead atoms.